The van der Waals surface area contributed by atoms with E-state index in [0.717, 1.165) is 18.5 Å². The minimum Gasteiger partial charge on any atom is -0.338 e. The highest BCUT2D eigenvalue weighted by atomic mass is 32.1. The number of rotatable bonds is 7. The summed E-state index contributed by atoms with van der Waals surface area (Å²) in [4.78, 5) is 13.1. The molecule has 0 bridgehead atoms. The summed E-state index contributed by atoms with van der Waals surface area (Å²) in [5.74, 6) is 0. The molecule has 0 unspecified atom stereocenters. The van der Waals surface area contributed by atoms with E-state index in [-0.39, 0.29) is 6.03 Å². The second-order valence-corrected chi connectivity index (χ2v) is 6.04. The highest BCUT2D eigenvalue weighted by Gasteiger charge is 2.02. The lowest BCUT2D eigenvalue weighted by atomic mass is 10.1. The molecule has 4 heteroatoms. The van der Waals surface area contributed by atoms with Gasteiger partial charge < -0.3 is 10.6 Å². The predicted octanol–water partition coefficient (Wildman–Crippen LogP) is 4.45. The van der Waals surface area contributed by atoms with Crippen LogP contribution in [0.25, 0.3) is 0 Å². The number of urea groups is 1. The summed E-state index contributed by atoms with van der Waals surface area (Å²) < 4.78 is 0. The van der Waals surface area contributed by atoms with Gasteiger partial charge in [0.1, 0.15) is 0 Å². The zero-order chi connectivity index (χ0) is 14.9. The molecule has 0 radical (unpaired) electrons. The molecule has 0 saturated heterocycles. The van der Waals surface area contributed by atoms with Gasteiger partial charge in [-0.25, -0.2) is 4.79 Å². The molecule has 1 aromatic heterocycles. The number of hydrogen-bond donors (Lipinski definition) is 2. The Bertz CT molecular complexity index is 534. The summed E-state index contributed by atoms with van der Waals surface area (Å²) in [6.45, 7) is 2.84. The Labute approximate surface area is 130 Å². The third-order valence-electron chi connectivity index (χ3n) is 3.27. The van der Waals surface area contributed by atoms with E-state index in [1.807, 2.05) is 18.2 Å². The summed E-state index contributed by atoms with van der Waals surface area (Å²) in [5, 5.41) is 7.78. The summed E-state index contributed by atoms with van der Waals surface area (Å²) in [6, 6.07) is 12.0. The molecule has 1 aromatic carbocycles. The Morgan fingerprint density at radius 3 is 2.62 bits per heavy atom. The Balaban J connectivity index is 1.71. The molecule has 1 heterocycles. The van der Waals surface area contributed by atoms with Crippen LogP contribution in [0, 0.1) is 0 Å². The Kier molecular flexibility index (Phi) is 6.28. The molecule has 2 aromatic rings. The zero-order valence-electron chi connectivity index (χ0n) is 12.4. The van der Waals surface area contributed by atoms with Crippen molar-refractivity contribution in [3.63, 3.8) is 0 Å². The lowest BCUT2D eigenvalue weighted by molar-refractivity contribution is 0.252. The summed E-state index contributed by atoms with van der Waals surface area (Å²) >= 11 is 1.71. The number of thiophene rings is 1. The van der Waals surface area contributed by atoms with Crippen LogP contribution in [-0.4, -0.2) is 12.6 Å². The molecule has 3 nitrogen and oxygen atoms in total. The van der Waals surface area contributed by atoms with Crippen molar-refractivity contribution >= 4 is 23.1 Å². The number of anilines is 1. The molecule has 21 heavy (non-hydrogen) atoms. The van der Waals surface area contributed by atoms with Gasteiger partial charge in [-0.15, -0.1) is 11.3 Å². The predicted molar refractivity (Wildman–Crippen MR) is 90.1 cm³/mol. The molecule has 112 valence electrons. The smallest absolute Gasteiger partial charge is 0.319 e. The van der Waals surface area contributed by atoms with Crippen LogP contribution in [0.4, 0.5) is 10.5 Å². The van der Waals surface area contributed by atoms with E-state index in [1.165, 1.54) is 23.3 Å². The van der Waals surface area contributed by atoms with Crippen molar-refractivity contribution < 1.29 is 4.79 Å². The third kappa shape index (κ3) is 5.60. The van der Waals surface area contributed by atoms with E-state index < -0.39 is 0 Å². The summed E-state index contributed by atoms with van der Waals surface area (Å²) in [6.07, 6.45) is 4.38. The van der Waals surface area contributed by atoms with E-state index in [2.05, 4.69) is 41.1 Å². The molecule has 2 N–H and O–H groups in total. The molecule has 0 saturated carbocycles. The molecule has 0 aliphatic heterocycles. The van der Waals surface area contributed by atoms with Crippen LogP contribution in [0.3, 0.4) is 0 Å². The van der Waals surface area contributed by atoms with E-state index in [1.54, 1.807) is 11.3 Å². The van der Waals surface area contributed by atoms with Gasteiger partial charge in [-0.1, -0.05) is 31.5 Å². The second kappa shape index (κ2) is 8.47. The zero-order valence-corrected chi connectivity index (χ0v) is 13.2. The minimum atomic E-state index is -0.145. The van der Waals surface area contributed by atoms with E-state index in [4.69, 9.17) is 0 Å². The minimum absolute atomic E-state index is 0.145. The van der Waals surface area contributed by atoms with Crippen LogP contribution >= 0.6 is 11.3 Å². The molecule has 2 rings (SSSR count). The maximum absolute atomic E-state index is 11.8. The van der Waals surface area contributed by atoms with E-state index in [9.17, 15) is 4.79 Å². The van der Waals surface area contributed by atoms with Crippen LogP contribution in [0.15, 0.2) is 41.8 Å². The van der Waals surface area contributed by atoms with Gasteiger partial charge in [0.2, 0.25) is 0 Å². The molecule has 0 spiro atoms. The Morgan fingerprint density at radius 2 is 1.95 bits per heavy atom. The molecule has 0 aliphatic rings. The largest absolute Gasteiger partial charge is 0.338 e. The van der Waals surface area contributed by atoms with Crippen LogP contribution in [0.2, 0.25) is 0 Å². The molecule has 0 atom stereocenters. The summed E-state index contributed by atoms with van der Waals surface area (Å²) in [5.41, 5.74) is 2.16. The highest BCUT2D eigenvalue weighted by molar-refractivity contribution is 7.09. The number of amides is 2. The number of nitrogens with one attached hydrogen (secondary N) is 2. The van der Waals surface area contributed by atoms with Crippen molar-refractivity contribution in [2.24, 2.45) is 0 Å². The van der Waals surface area contributed by atoms with Gasteiger partial charge in [0.05, 0.1) is 0 Å². The fourth-order valence-electron chi connectivity index (χ4n) is 2.06. The fraction of sp³-hybridized carbons (Fsp3) is 0.353. The first-order chi connectivity index (χ1) is 10.3. The van der Waals surface area contributed by atoms with Gasteiger partial charge in [-0.3, -0.25) is 0 Å². The first kappa shape index (κ1) is 15.6. The van der Waals surface area contributed by atoms with Crippen molar-refractivity contribution in [3.8, 4) is 0 Å². The number of carbonyl (C=O) groups is 1. The molecular formula is C17H22N2OS. The van der Waals surface area contributed by atoms with Crippen LogP contribution in [-0.2, 0) is 12.8 Å². The van der Waals surface area contributed by atoms with Crippen LogP contribution < -0.4 is 10.6 Å². The maximum atomic E-state index is 11.8. The van der Waals surface area contributed by atoms with Gasteiger partial charge in [0.25, 0.3) is 0 Å². The van der Waals surface area contributed by atoms with Gasteiger partial charge in [-0.2, -0.15) is 0 Å². The Hall–Kier alpha value is -1.81. The van der Waals surface area contributed by atoms with Gasteiger partial charge in [0, 0.05) is 17.1 Å². The van der Waals surface area contributed by atoms with Gasteiger partial charge >= 0.3 is 6.03 Å². The second-order valence-electron chi connectivity index (χ2n) is 5.01. The lowest BCUT2D eigenvalue weighted by Gasteiger charge is -2.08. The topological polar surface area (TPSA) is 41.1 Å². The van der Waals surface area contributed by atoms with Crippen molar-refractivity contribution in [2.75, 3.05) is 11.9 Å². The highest BCUT2D eigenvalue weighted by Crippen LogP contribution is 2.12. The van der Waals surface area contributed by atoms with Crippen molar-refractivity contribution in [3.05, 3.63) is 52.2 Å². The SMILES string of the molecule is CCCCc1ccc(NC(=O)NCCc2cccs2)cc1. The van der Waals surface area contributed by atoms with Crippen molar-refractivity contribution in [1.29, 1.82) is 0 Å². The number of unbranched alkanes of at least 4 members (excludes halogenated alkanes) is 1. The van der Waals surface area contributed by atoms with Crippen LogP contribution in [0.5, 0.6) is 0 Å². The van der Waals surface area contributed by atoms with E-state index in [0.29, 0.717) is 6.54 Å². The number of hydrogen-bond acceptors (Lipinski definition) is 2. The molecule has 0 fully saturated rings. The standard InChI is InChI=1S/C17H22N2OS/c1-2-3-5-14-7-9-15(10-8-14)19-17(20)18-12-11-16-6-4-13-21-16/h4,6-10,13H,2-3,5,11-12H2,1H3,(H2,18,19,20). The average molecular weight is 302 g/mol. The van der Waals surface area contributed by atoms with Crippen molar-refractivity contribution in [2.45, 2.75) is 32.6 Å². The average Bonchev–Trinajstić information content (AvgIpc) is 3.00. The van der Waals surface area contributed by atoms with Gasteiger partial charge in [-0.05, 0) is 48.4 Å². The van der Waals surface area contributed by atoms with Crippen LogP contribution in [0.1, 0.15) is 30.2 Å². The number of benzene rings is 1. The monoisotopic (exact) mass is 302 g/mol. The van der Waals surface area contributed by atoms with Gasteiger partial charge in [0.15, 0.2) is 0 Å². The Morgan fingerprint density at radius 1 is 1.14 bits per heavy atom. The number of aryl methyl sites for hydroxylation is 1. The maximum Gasteiger partial charge on any atom is 0.319 e. The first-order valence-corrected chi connectivity index (χ1v) is 8.32. The molecule has 0 aliphatic carbocycles. The lowest BCUT2D eigenvalue weighted by Crippen LogP contribution is -2.30. The first-order valence-electron chi connectivity index (χ1n) is 7.44. The fourth-order valence-corrected chi connectivity index (χ4v) is 2.77. The quantitative estimate of drug-likeness (QED) is 0.779. The molecular weight excluding hydrogens is 280 g/mol. The normalized spacial score (nSPS) is 10.3. The number of carbonyl (C=O) groups excluding carboxylic acids is 1. The molecule has 2 amide bonds. The third-order valence-corrected chi connectivity index (χ3v) is 4.20. The summed E-state index contributed by atoms with van der Waals surface area (Å²) in [7, 11) is 0. The van der Waals surface area contributed by atoms with Crippen molar-refractivity contribution in [1.82, 2.24) is 5.32 Å². The van der Waals surface area contributed by atoms with E-state index >= 15 is 0 Å².